The zero-order valence-corrected chi connectivity index (χ0v) is 31.4. The number of benzene rings is 1. The number of ether oxygens (including phenoxy) is 5. The average Bonchev–Trinajstić information content (AvgIpc) is 3.76. The maximum absolute atomic E-state index is 14.0. The highest BCUT2D eigenvalue weighted by atomic mass is 35.5. The first-order valence-electron chi connectivity index (χ1n) is 16.4. The molecule has 4 bridgehead atoms. The van der Waals surface area contributed by atoms with Gasteiger partial charge in [0, 0.05) is 40.0 Å². The van der Waals surface area contributed by atoms with E-state index in [2.05, 4.69) is 17.9 Å². The van der Waals surface area contributed by atoms with Gasteiger partial charge in [0.25, 0.3) is 0 Å². The molecule has 0 saturated carbocycles. The lowest BCUT2D eigenvalue weighted by Gasteiger charge is -2.42. The van der Waals surface area contributed by atoms with E-state index in [1.165, 1.54) is 38.0 Å². The summed E-state index contributed by atoms with van der Waals surface area (Å²) < 4.78 is 29.0. The molecule has 2 saturated heterocycles. The number of thiol groups is 1. The number of carbonyl (C=O) groups is 4. The van der Waals surface area contributed by atoms with Gasteiger partial charge in [0.1, 0.15) is 40.7 Å². The molecule has 0 aliphatic carbocycles. The molecule has 0 radical (unpaired) electrons. The second-order valence-corrected chi connectivity index (χ2v) is 14.2. The van der Waals surface area contributed by atoms with E-state index in [4.69, 9.17) is 35.3 Å². The van der Waals surface area contributed by atoms with Crippen LogP contribution in [0.3, 0.4) is 0 Å². The minimum Gasteiger partial charge on any atom is -0.495 e. The molecule has 1 aromatic rings. The molecule has 13 nitrogen and oxygen atoms in total. The van der Waals surface area contributed by atoms with E-state index in [9.17, 15) is 24.3 Å². The number of esters is 1. The molecule has 8 atom stereocenters. The van der Waals surface area contributed by atoms with Gasteiger partial charge in [0.05, 0.1) is 25.3 Å². The molecule has 1 aromatic carbocycles. The first-order valence-corrected chi connectivity index (χ1v) is 17.5. The summed E-state index contributed by atoms with van der Waals surface area (Å²) in [7, 11) is 5.98. The zero-order valence-electron chi connectivity index (χ0n) is 29.7. The number of rotatable bonds is 7. The fourth-order valence-corrected chi connectivity index (χ4v) is 6.99. The molecule has 15 heteroatoms. The number of alkyl carbamates (subject to hydrolysis) is 1. The minimum atomic E-state index is -1.82. The molecular weight excluding hydrogens is 690 g/mol. The third-order valence-electron chi connectivity index (χ3n) is 9.85. The Morgan fingerprint density at radius 2 is 1.98 bits per heavy atom. The van der Waals surface area contributed by atoms with Gasteiger partial charge in [-0.25, -0.2) is 9.59 Å². The number of hydrogen-bond donors (Lipinski definition) is 3. The standard InChI is InChI=1S/C35H48ClN3O10S/c1-19-10-9-11-26(46-8)35(44)18-25(47-33(43)37-35)20(2)31-34(4,49-31)27(48-32(42)21(3)38(5)28(40)12-13-50)17-29(41)39(6)23-15-22(14-19)16-24(45-7)30(23)36/h9-11,15-16,20-21,25-27,31,44,50H,12-14,17-18H2,1-8H3,(H,37,43)/b11-9+,19-10+/t20?,21?,25-,26+,27?,31-,34-,35-/m0/s1. The summed E-state index contributed by atoms with van der Waals surface area (Å²) >= 11 is 10.8. The highest BCUT2D eigenvalue weighted by Crippen LogP contribution is 2.49. The highest BCUT2D eigenvalue weighted by Gasteiger charge is 2.64. The number of likely N-dealkylation sites (N-methyl/N-ethyl adjacent to an activating group) is 1. The summed E-state index contributed by atoms with van der Waals surface area (Å²) in [6.45, 7) is 6.96. The Hall–Kier alpha value is -3.30. The van der Waals surface area contributed by atoms with E-state index in [1.54, 1.807) is 45.2 Å². The number of anilines is 1. The van der Waals surface area contributed by atoms with Crippen molar-refractivity contribution in [1.82, 2.24) is 10.2 Å². The number of fused-ring (bicyclic) bond motifs is 5. The maximum atomic E-state index is 14.0. The lowest BCUT2D eigenvalue weighted by atomic mass is 9.83. The Kier molecular flexibility index (Phi) is 12.6. The Morgan fingerprint density at radius 3 is 2.62 bits per heavy atom. The highest BCUT2D eigenvalue weighted by molar-refractivity contribution is 7.80. The van der Waals surface area contributed by atoms with Crippen LogP contribution >= 0.6 is 24.2 Å². The summed E-state index contributed by atoms with van der Waals surface area (Å²) in [6.07, 6.45) is 1.08. The molecule has 2 N–H and O–H groups in total. The van der Waals surface area contributed by atoms with Crippen molar-refractivity contribution in [3.63, 3.8) is 0 Å². The van der Waals surface area contributed by atoms with Crippen LogP contribution in [0.1, 0.15) is 52.5 Å². The Labute approximate surface area is 303 Å². The molecule has 3 unspecified atom stereocenters. The number of nitrogens with one attached hydrogen (secondary N) is 1. The molecular formula is C35H48ClN3O10S. The van der Waals surface area contributed by atoms with E-state index in [0.29, 0.717) is 23.6 Å². The first-order chi connectivity index (χ1) is 23.5. The number of halogens is 1. The van der Waals surface area contributed by atoms with Crippen molar-refractivity contribution >= 4 is 53.8 Å². The Balaban J connectivity index is 1.78. The van der Waals surface area contributed by atoms with Crippen molar-refractivity contribution in [1.29, 1.82) is 0 Å². The molecule has 276 valence electrons. The van der Waals surface area contributed by atoms with E-state index < -0.39 is 65.7 Å². The fraction of sp³-hybridized carbons (Fsp3) is 0.600. The maximum Gasteiger partial charge on any atom is 0.409 e. The zero-order chi connectivity index (χ0) is 37.1. The predicted octanol–water partition coefficient (Wildman–Crippen LogP) is 3.83. The molecule has 50 heavy (non-hydrogen) atoms. The number of methoxy groups -OCH3 is 2. The molecule has 3 aliphatic heterocycles. The SMILES string of the molecule is COc1cc2cc(c1Cl)N(C)C(=O)CC(OC(=O)C(C)N(C)C(=O)CCS)[C@]1(C)O[C@H]1C(C)[C@@H]1C[C@@](O)(NC(=O)O1)[C@H](OC)/C=C/C=C(\C)C2. The number of carbonyl (C=O) groups excluding carboxylic acids is 4. The number of allylic oxidation sites excluding steroid dienone is 3. The van der Waals surface area contributed by atoms with Gasteiger partial charge in [-0.3, -0.25) is 14.9 Å². The predicted molar refractivity (Wildman–Crippen MR) is 189 cm³/mol. The lowest BCUT2D eigenvalue weighted by Crippen LogP contribution is -2.63. The summed E-state index contributed by atoms with van der Waals surface area (Å²) in [5, 5.41) is 14.4. The van der Waals surface area contributed by atoms with Crippen LogP contribution in [0.4, 0.5) is 10.5 Å². The van der Waals surface area contributed by atoms with Crippen molar-refractivity contribution in [2.45, 2.75) is 95.2 Å². The summed E-state index contributed by atoms with van der Waals surface area (Å²) in [5.41, 5.74) is -0.903. The van der Waals surface area contributed by atoms with Gasteiger partial charge >= 0.3 is 12.1 Å². The van der Waals surface area contributed by atoms with Gasteiger partial charge in [0.15, 0.2) is 5.72 Å². The molecule has 0 aromatic heterocycles. The van der Waals surface area contributed by atoms with Crippen molar-refractivity contribution < 1.29 is 48.0 Å². The summed E-state index contributed by atoms with van der Waals surface area (Å²) in [6, 6.07) is 2.60. The minimum absolute atomic E-state index is 0.0489. The normalized spacial score (nSPS) is 32.3. The smallest absolute Gasteiger partial charge is 0.409 e. The van der Waals surface area contributed by atoms with Crippen molar-refractivity contribution in [3.05, 3.63) is 46.5 Å². The second-order valence-electron chi connectivity index (χ2n) is 13.4. The van der Waals surface area contributed by atoms with Crippen molar-refractivity contribution in [3.8, 4) is 5.75 Å². The van der Waals surface area contributed by atoms with Crippen LogP contribution in [-0.4, -0.2) is 110 Å². The third kappa shape index (κ3) is 8.42. The van der Waals surface area contributed by atoms with Crippen LogP contribution in [0.15, 0.2) is 35.9 Å². The number of amides is 3. The van der Waals surface area contributed by atoms with E-state index >= 15 is 0 Å². The number of nitrogens with zero attached hydrogens (tertiary/aromatic N) is 2. The van der Waals surface area contributed by atoms with Gasteiger partial charge in [-0.2, -0.15) is 12.6 Å². The largest absolute Gasteiger partial charge is 0.495 e. The lowest BCUT2D eigenvalue weighted by molar-refractivity contribution is -0.161. The van der Waals surface area contributed by atoms with Crippen LogP contribution in [0, 0.1) is 5.92 Å². The number of hydrogen-bond acceptors (Lipinski definition) is 11. The Morgan fingerprint density at radius 1 is 1.28 bits per heavy atom. The monoisotopic (exact) mass is 737 g/mol. The van der Waals surface area contributed by atoms with Crippen molar-refractivity contribution in [2.24, 2.45) is 5.92 Å². The molecule has 4 rings (SSSR count). The fourth-order valence-electron chi connectivity index (χ4n) is 6.49. The second kappa shape index (κ2) is 15.9. The summed E-state index contributed by atoms with van der Waals surface area (Å²) in [5.74, 6) is -1.30. The molecule has 3 aliphatic rings. The van der Waals surface area contributed by atoms with Gasteiger partial charge < -0.3 is 38.6 Å². The molecule has 3 heterocycles. The molecule has 0 spiro atoms. The average molecular weight is 738 g/mol. The van der Waals surface area contributed by atoms with Crippen LogP contribution in [0.5, 0.6) is 5.75 Å². The van der Waals surface area contributed by atoms with Gasteiger partial charge in [0.2, 0.25) is 11.8 Å². The Bertz CT molecular complexity index is 1540. The molecule has 3 amide bonds. The van der Waals surface area contributed by atoms with Crippen LogP contribution < -0.4 is 15.0 Å². The quantitative estimate of drug-likeness (QED) is 0.214. The van der Waals surface area contributed by atoms with E-state index in [-0.39, 0.29) is 30.2 Å². The topological polar surface area (TPSA) is 156 Å². The van der Waals surface area contributed by atoms with Crippen LogP contribution in [-0.2, 0) is 39.8 Å². The van der Waals surface area contributed by atoms with E-state index in [1.807, 2.05) is 13.0 Å². The molecule has 2 fully saturated rings. The van der Waals surface area contributed by atoms with Crippen LogP contribution in [0.2, 0.25) is 5.02 Å². The van der Waals surface area contributed by atoms with Crippen LogP contribution in [0.25, 0.3) is 0 Å². The van der Waals surface area contributed by atoms with Crippen molar-refractivity contribution in [2.75, 3.05) is 39.0 Å². The third-order valence-corrected chi connectivity index (χ3v) is 10.5. The van der Waals surface area contributed by atoms with E-state index in [0.717, 1.165) is 11.1 Å². The van der Waals surface area contributed by atoms with Gasteiger partial charge in [-0.05, 0) is 50.6 Å². The number of epoxide rings is 1. The van der Waals surface area contributed by atoms with Gasteiger partial charge in [-0.15, -0.1) is 0 Å². The number of aliphatic hydroxyl groups is 1. The first kappa shape index (κ1) is 39.5. The van der Waals surface area contributed by atoms with Gasteiger partial charge in [-0.1, -0.05) is 42.3 Å². The summed E-state index contributed by atoms with van der Waals surface area (Å²) in [4.78, 5) is 55.6.